The lowest BCUT2D eigenvalue weighted by Crippen LogP contribution is -2.33. The Balaban J connectivity index is 2.73. The number of halogens is 1. The number of hydrogen-bond donors (Lipinski definition) is 0. The number of alkyl halides is 1. The van der Waals surface area contributed by atoms with Crippen molar-refractivity contribution in [3.05, 3.63) is 29.8 Å². The normalized spacial score (nSPS) is 10.4. The predicted octanol–water partition coefficient (Wildman–Crippen LogP) is 4.15. The molecular formula is C15H22ClNO. The maximum absolute atomic E-state index is 11.9. The molecule has 0 aromatic heterocycles. The Bertz CT molecular complexity index is 379. The molecule has 0 aliphatic heterocycles. The average molecular weight is 268 g/mol. The van der Waals surface area contributed by atoms with Gasteiger partial charge in [-0.05, 0) is 25.0 Å². The molecule has 0 bridgehead atoms. The van der Waals surface area contributed by atoms with Crippen LogP contribution in [0.15, 0.2) is 24.3 Å². The third-order valence-corrected chi connectivity index (χ3v) is 3.29. The Morgan fingerprint density at radius 1 is 1.22 bits per heavy atom. The second-order valence-corrected chi connectivity index (χ2v) is 4.79. The smallest absolute Gasteiger partial charge is 0.241 e. The van der Waals surface area contributed by atoms with E-state index in [-0.39, 0.29) is 11.8 Å². The van der Waals surface area contributed by atoms with E-state index in [4.69, 9.17) is 11.6 Å². The number of amides is 1. The van der Waals surface area contributed by atoms with Crippen molar-refractivity contribution >= 4 is 23.2 Å². The number of aryl methyl sites for hydroxylation is 1. The Morgan fingerprint density at radius 2 is 1.94 bits per heavy atom. The Morgan fingerprint density at radius 3 is 2.56 bits per heavy atom. The summed E-state index contributed by atoms with van der Waals surface area (Å²) in [5, 5.41) is 0. The van der Waals surface area contributed by atoms with Gasteiger partial charge >= 0.3 is 0 Å². The predicted molar refractivity (Wildman–Crippen MR) is 78.4 cm³/mol. The molecule has 1 rings (SSSR count). The Labute approximate surface area is 115 Å². The molecule has 0 saturated heterocycles. The Kier molecular flexibility index (Phi) is 6.81. The van der Waals surface area contributed by atoms with E-state index in [2.05, 4.69) is 6.92 Å². The van der Waals surface area contributed by atoms with Crippen molar-refractivity contribution in [2.75, 3.05) is 17.3 Å². The van der Waals surface area contributed by atoms with Crippen LogP contribution in [0.2, 0.25) is 0 Å². The minimum absolute atomic E-state index is 0.0116. The lowest BCUT2D eigenvalue weighted by molar-refractivity contribution is -0.116. The van der Waals surface area contributed by atoms with Crippen molar-refractivity contribution < 1.29 is 4.79 Å². The summed E-state index contributed by atoms with van der Waals surface area (Å²) in [7, 11) is 0. The van der Waals surface area contributed by atoms with Crippen LogP contribution >= 0.6 is 11.6 Å². The number of unbranched alkanes of at least 4 members (excludes halogenated alkanes) is 3. The molecule has 0 fully saturated rings. The lowest BCUT2D eigenvalue weighted by Gasteiger charge is -2.23. The highest BCUT2D eigenvalue weighted by Gasteiger charge is 2.15. The van der Waals surface area contributed by atoms with Gasteiger partial charge < -0.3 is 4.90 Å². The van der Waals surface area contributed by atoms with Crippen LogP contribution in [0.25, 0.3) is 0 Å². The van der Waals surface area contributed by atoms with Crippen LogP contribution in [0.4, 0.5) is 5.69 Å². The molecule has 18 heavy (non-hydrogen) atoms. The molecule has 0 unspecified atom stereocenters. The summed E-state index contributed by atoms with van der Waals surface area (Å²) >= 11 is 5.70. The molecule has 0 heterocycles. The lowest BCUT2D eigenvalue weighted by atomic mass is 10.1. The van der Waals surface area contributed by atoms with Gasteiger partial charge in [0.2, 0.25) is 5.91 Å². The van der Waals surface area contributed by atoms with E-state index < -0.39 is 0 Å². The summed E-state index contributed by atoms with van der Waals surface area (Å²) in [6.07, 6.45) is 4.61. The number of anilines is 1. The zero-order valence-electron chi connectivity index (χ0n) is 11.3. The van der Waals surface area contributed by atoms with Crippen LogP contribution in [0.5, 0.6) is 0 Å². The number of nitrogens with zero attached hydrogens (tertiary/aromatic N) is 1. The first-order chi connectivity index (χ1) is 8.70. The number of carbonyl (C=O) groups is 1. The van der Waals surface area contributed by atoms with Crippen molar-refractivity contribution in [2.45, 2.75) is 39.5 Å². The number of carbonyl (C=O) groups excluding carboxylic acids is 1. The third-order valence-electron chi connectivity index (χ3n) is 3.06. The zero-order chi connectivity index (χ0) is 13.4. The summed E-state index contributed by atoms with van der Waals surface area (Å²) in [5.41, 5.74) is 2.10. The molecule has 3 heteroatoms. The fourth-order valence-corrected chi connectivity index (χ4v) is 2.16. The quantitative estimate of drug-likeness (QED) is 0.537. The molecule has 0 atom stereocenters. The van der Waals surface area contributed by atoms with E-state index in [0.29, 0.717) is 0 Å². The standard InChI is InChI=1S/C15H22ClNO/c1-3-4-5-8-11-17(15(18)12-16)14-10-7-6-9-13(14)2/h6-7,9-10H,3-5,8,11-12H2,1-2H3. The third kappa shape index (κ3) is 4.34. The van der Waals surface area contributed by atoms with Crippen molar-refractivity contribution in [1.82, 2.24) is 0 Å². The number of benzene rings is 1. The van der Waals surface area contributed by atoms with E-state index in [0.717, 1.165) is 30.6 Å². The average Bonchev–Trinajstić information content (AvgIpc) is 2.39. The van der Waals surface area contributed by atoms with E-state index in [1.807, 2.05) is 36.1 Å². The van der Waals surface area contributed by atoms with E-state index in [1.54, 1.807) is 0 Å². The molecule has 100 valence electrons. The molecular weight excluding hydrogens is 246 g/mol. The van der Waals surface area contributed by atoms with Gasteiger partial charge in [0, 0.05) is 12.2 Å². The van der Waals surface area contributed by atoms with Crippen LogP contribution < -0.4 is 4.90 Å². The van der Waals surface area contributed by atoms with E-state index >= 15 is 0 Å². The molecule has 0 N–H and O–H groups in total. The first-order valence-electron chi connectivity index (χ1n) is 6.62. The second-order valence-electron chi connectivity index (χ2n) is 4.53. The first kappa shape index (κ1) is 15.0. The van der Waals surface area contributed by atoms with Gasteiger partial charge in [0.15, 0.2) is 0 Å². The largest absolute Gasteiger partial charge is 0.311 e. The van der Waals surface area contributed by atoms with Crippen molar-refractivity contribution in [2.24, 2.45) is 0 Å². The molecule has 1 aromatic rings. The van der Waals surface area contributed by atoms with Crippen LogP contribution in [-0.2, 0) is 4.79 Å². The molecule has 2 nitrogen and oxygen atoms in total. The first-order valence-corrected chi connectivity index (χ1v) is 7.16. The summed E-state index contributed by atoms with van der Waals surface area (Å²) in [6.45, 7) is 4.97. The van der Waals surface area contributed by atoms with Crippen LogP contribution in [-0.4, -0.2) is 18.3 Å². The Hall–Kier alpha value is -1.02. The monoisotopic (exact) mass is 267 g/mol. The van der Waals surface area contributed by atoms with Crippen molar-refractivity contribution in [3.63, 3.8) is 0 Å². The minimum atomic E-state index is -0.0116. The summed E-state index contributed by atoms with van der Waals surface area (Å²) in [4.78, 5) is 13.7. The SMILES string of the molecule is CCCCCCN(C(=O)CCl)c1ccccc1C. The van der Waals surface area contributed by atoms with Crippen LogP contribution in [0.1, 0.15) is 38.2 Å². The number of para-hydroxylation sites is 1. The van der Waals surface area contributed by atoms with Crippen molar-refractivity contribution in [1.29, 1.82) is 0 Å². The van der Waals surface area contributed by atoms with Gasteiger partial charge in [0.1, 0.15) is 5.88 Å². The van der Waals surface area contributed by atoms with Crippen LogP contribution in [0.3, 0.4) is 0 Å². The highest BCUT2D eigenvalue weighted by atomic mass is 35.5. The van der Waals surface area contributed by atoms with Gasteiger partial charge in [-0.15, -0.1) is 11.6 Å². The van der Waals surface area contributed by atoms with Crippen molar-refractivity contribution in [3.8, 4) is 0 Å². The van der Waals surface area contributed by atoms with Gasteiger partial charge in [-0.2, -0.15) is 0 Å². The fraction of sp³-hybridized carbons (Fsp3) is 0.533. The van der Waals surface area contributed by atoms with E-state index in [1.165, 1.54) is 12.8 Å². The number of rotatable bonds is 7. The van der Waals surface area contributed by atoms with Gasteiger partial charge in [0.05, 0.1) is 0 Å². The van der Waals surface area contributed by atoms with Gasteiger partial charge in [0.25, 0.3) is 0 Å². The van der Waals surface area contributed by atoms with Gasteiger partial charge in [-0.25, -0.2) is 0 Å². The minimum Gasteiger partial charge on any atom is -0.311 e. The molecule has 0 aliphatic carbocycles. The molecule has 1 amide bonds. The molecule has 0 radical (unpaired) electrons. The zero-order valence-corrected chi connectivity index (χ0v) is 12.0. The number of hydrogen-bond acceptors (Lipinski definition) is 1. The topological polar surface area (TPSA) is 20.3 Å². The summed E-state index contributed by atoms with van der Waals surface area (Å²) in [6, 6.07) is 7.96. The van der Waals surface area contributed by atoms with Gasteiger partial charge in [-0.3, -0.25) is 4.79 Å². The molecule has 0 aliphatic rings. The highest BCUT2D eigenvalue weighted by Crippen LogP contribution is 2.20. The van der Waals surface area contributed by atoms with E-state index in [9.17, 15) is 4.79 Å². The highest BCUT2D eigenvalue weighted by molar-refractivity contribution is 6.29. The molecule has 0 spiro atoms. The van der Waals surface area contributed by atoms with Crippen LogP contribution in [0, 0.1) is 6.92 Å². The second kappa shape index (κ2) is 8.15. The summed E-state index contributed by atoms with van der Waals surface area (Å²) < 4.78 is 0. The van der Waals surface area contributed by atoms with Gasteiger partial charge in [-0.1, -0.05) is 44.4 Å². The fourth-order valence-electron chi connectivity index (χ4n) is 2.01. The maximum atomic E-state index is 11.9. The molecule has 1 aromatic carbocycles. The summed E-state index contributed by atoms with van der Waals surface area (Å²) in [5.74, 6) is 0.0322. The maximum Gasteiger partial charge on any atom is 0.241 e. The molecule has 0 saturated carbocycles.